The minimum absolute atomic E-state index is 0.304. The van der Waals surface area contributed by atoms with Crippen LogP contribution in [0.4, 0.5) is 5.69 Å². The zero-order chi connectivity index (χ0) is 19.8. The van der Waals surface area contributed by atoms with E-state index >= 15 is 0 Å². The number of carbonyl (C=O) groups excluding carboxylic acids is 2. The number of hydrogen-bond donors (Lipinski definition) is 1. The summed E-state index contributed by atoms with van der Waals surface area (Å²) >= 11 is 6.03. The summed E-state index contributed by atoms with van der Waals surface area (Å²) in [5.41, 5.74) is 1.31. The first-order valence-electron chi connectivity index (χ1n) is 8.51. The van der Waals surface area contributed by atoms with Gasteiger partial charge in [0, 0.05) is 10.7 Å². The van der Waals surface area contributed by atoms with Crippen LogP contribution in [0.25, 0.3) is 0 Å². The van der Waals surface area contributed by atoms with Crippen LogP contribution in [0.3, 0.4) is 0 Å². The van der Waals surface area contributed by atoms with E-state index in [1.165, 1.54) is 6.92 Å². The molecule has 2 rings (SSSR count). The largest absolute Gasteiger partial charge is 0.494 e. The SMILES string of the molecule is CCOc1ccc(OCC(=O)O[C@@H](C)C(=O)Nc2cccc(Cl)c2C)cc1. The predicted molar refractivity (Wildman–Crippen MR) is 103 cm³/mol. The Labute approximate surface area is 163 Å². The van der Waals surface area contributed by atoms with Crippen molar-refractivity contribution < 1.29 is 23.8 Å². The van der Waals surface area contributed by atoms with Crippen LogP contribution in [-0.4, -0.2) is 31.2 Å². The second-order valence-corrected chi connectivity index (χ2v) is 6.13. The Kier molecular flexibility index (Phi) is 7.49. The maximum atomic E-state index is 12.2. The van der Waals surface area contributed by atoms with Gasteiger partial charge in [0.05, 0.1) is 6.61 Å². The number of hydrogen-bond acceptors (Lipinski definition) is 5. The average Bonchev–Trinajstić information content (AvgIpc) is 2.65. The highest BCUT2D eigenvalue weighted by atomic mass is 35.5. The van der Waals surface area contributed by atoms with Gasteiger partial charge in [-0.1, -0.05) is 17.7 Å². The molecule has 6 nitrogen and oxygen atoms in total. The number of carbonyl (C=O) groups is 2. The molecule has 0 unspecified atom stereocenters. The van der Waals surface area contributed by atoms with E-state index in [1.54, 1.807) is 49.4 Å². The lowest BCUT2D eigenvalue weighted by Gasteiger charge is -2.15. The third-order valence-corrected chi connectivity index (χ3v) is 4.10. The van der Waals surface area contributed by atoms with Crippen molar-refractivity contribution in [2.45, 2.75) is 26.9 Å². The van der Waals surface area contributed by atoms with Crippen molar-refractivity contribution in [1.29, 1.82) is 0 Å². The fourth-order valence-electron chi connectivity index (χ4n) is 2.20. The van der Waals surface area contributed by atoms with E-state index in [9.17, 15) is 9.59 Å². The van der Waals surface area contributed by atoms with E-state index in [4.69, 9.17) is 25.8 Å². The number of esters is 1. The number of nitrogens with one attached hydrogen (secondary N) is 1. The van der Waals surface area contributed by atoms with Crippen molar-refractivity contribution in [3.63, 3.8) is 0 Å². The van der Waals surface area contributed by atoms with E-state index < -0.39 is 18.0 Å². The molecule has 2 aromatic carbocycles. The normalized spacial score (nSPS) is 11.4. The van der Waals surface area contributed by atoms with Crippen LogP contribution < -0.4 is 14.8 Å². The van der Waals surface area contributed by atoms with Crippen LogP contribution >= 0.6 is 11.6 Å². The quantitative estimate of drug-likeness (QED) is 0.688. The molecule has 0 saturated carbocycles. The van der Waals surface area contributed by atoms with E-state index in [2.05, 4.69) is 5.32 Å². The Morgan fingerprint density at radius 1 is 1.07 bits per heavy atom. The Morgan fingerprint density at radius 3 is 2.33 bits per heavy atom. The van der Waals surface area contributed by atoms with Gasteiger partial charge in [-0.25, -0.2) is 4.79 Å². The monoisotopic (exact) mass is 391 g/mol. The Hall–Kier alpha value is -2.73. The fraction of sp³-hybridized carbons (Fsp3) is 0.300. The summed E-state index contributed by atoms with van der Waals surface area (Å²) in [5.74, 6) is 0.125. The lowest BCUT2D eigenvalue weighted by Crippen LogP contribution is -2.31. The molecule has 0 spiro atoms. The van der Waals surface area contributed by atoms with Crippen LogP contribution in [0, 0.1) is 6.92 Å². The lowest BCUT2D eigenvalue weighted by molar-refractivity contribution is -0.155. The summed E-state index contributed by atoms with van der Waals surface area (Å²) in [5, 5.41) is 3.24. The Bertz CT molecular complexity index is 791. The summed E-state index contributed by atoms with van der Waals surface area (Å²) < 4.78 is 15.8. The highest BCUT2D eigenvalue weighted by molar-refractivity contribution is 6.31. The molecule has 2 aromatic rings. The molecule has 1 N–H and O–H groups in total. The number of halogens is 1. The van der Waals surface area contributed by atoms with Gasteiger partial charge in [0.15, 0.2) is 12.7 Å². The molecule has 144 valence electrons. The molecule has 0 aliphatic rings. The molecular formula is C20H22ClNO5. The standard InChI is InChI=1S/C20H22ClNO5/c1-4-25-15-8-10-16(11-9-15)26-12-19(23)27-14(3)20(24)22-18-7-5-6-17(21)13(18)2/h5-11,14H,4,12H2,1-3H3,(H,22,24)/t14-/m0/s1. The molecule has 0 aromatic heterocycles. The molecular weight excluding hydrogens is 370 g/mol. The fourth-order valence-corrected chi connectivity index (χ4v) is 2.38. The van der Waals surface area contributed by atoms with Crippen LogP contribution in [-0.2, 0) is 14.3 Å². The van der Waals surface area contributed by atoms with Crippen molar-refractivity contribution in [1.82, 2.24) is 0 Å². The van der Waals surface area contributed by atoms with Crippen molar-refractivity contribution >= 4 is 29.2 Å². The first-order chi connectivity index (χ1) is 12.9. The molecule has 0 aliphatic carbocycles. The van der Waals surface area contributed by atoms with Crippen LogP contribution in [0.5, 0.6) is 11.5 Å². The molecule has 27 heavy (non-hydrogen) atoms. The zero-order valence-electron chi connectivity index (χ0n) is 15.5. The van der Waals surface area contributed by atoms with Gasteiger partial charge in [-0.2, -0.15) is 0 Å². The highest BCUT2D eigenvalue weighted by Gasteiger charge is 2.19. The number of anilines is 1. The second kappa shape index (κ2) is 9.83. The Balaban J connectivity index is 1.82. The minimum Gasteiger partial charge on any atom is -0.494 e. The number of amides is 1. The van der Waals surface area contributed by atoms with Gasteiger partial charge in [0.1, 0.15) is 11.5 Å². The highest BCUT2D eigenvalue weighted by Crippen LogP contribution is 2.23. The number of ether oxygens (including phenoxy) is 3. The molecule has 1 atom stereocenters. The van der Waals surface area contributed by atoms with Gasteiger partial charge in [0.2, 0.25) is 0 Å². The topological polar surface area (TPSA) is 73.9 Å². The maximum Gasteiger partial charge on any atom is 0.344 e. The smallest absolute Gasteiger partial charge is 0.344 e. The van der Waals surface area contributed by atoms with Gasteiger partial charge in [-0.3, -0.25) is 4.79 Å². The van der Waals surface area contributed by atoms with Crippen molar-refractivity contribution in [3.05, 3.63) is 53.1 Å². The minimum atomic E-state index is -0.972. The van der Waals surface area contributed by atoms with E-state index in [-0.39, 0.29) is 6.61 Å². The summed E-state index contributed by atoms with van der Waals surface area (Å²) in [7, 11) is 0. The van der Waals surface area contributed by atoms with Gasteiger partial charge in [-0.05, 0) is 62.7 Å². The molecule has 0 heterocycles. The zero-order valence-corrected chi connectivity index (χ0v) is 16.2. The summed E-state index contributed by atoms with van der Waals surface area (Å²) in [4.78, 5) is 24.1. The number of benzene rings is 2. The van der Waals surface area contributed by atoms with E-state index in [0.29, 0.717) is 28.8 Å². The van der Waals surface area contributed by atoms with E-state index in [1.807, 2.05) is 6.92 Å². The van der Waals surface area contributed by atoms with Crippen LogP contribution in [0.15, 0.2) is 42.5 Å². The average molecular weight is 392 g/mol. The van der Waals surface area contributed by atoms with Crippen LogP contribution in [0.2, 0.25) is 5.02 Å². The van der Waals surface area contributed by atoms with E-state index in [0.717, 1.165) is 5.56 Å². The van der Waals surface area contributed by atoms with Gasteiger partial charge >= 0.3 is 5.97 Å². The third kappa shape index (κ3) is 6.18. The van der Waals surface area contributed by atoms with Crippen molar-refractivity contribution in [3.8, 4) is 11.5 Å². The maximum absolute atomic E-state index is 12.2. The van der Waals surface area contributed by atoms with Gasteiger partial charge in [0.25, 0.3) is 5.91 Å². The van der Waals surface area contributed by atoms with Gasteiger partial charge in [-0.15, -0.1) is 0 Å². The summed E-state index contributed by atoms with van der Waals surface area (Å²) in [6.07, 6.45) is -0.972. The first kappa shape index (κ1) is 20.6. The molecule has 0 aliphatic heterocycles. The third-order valence-electron chi connectivity index (χ3n) is 3.69. The molecule has 7 heteroatoms. The molecule has 0 fully saturated rings. The van der Waals surface area contributed by atoms with Crippen molar-refractivity contribution in [2.75, 3.05) is 18.5 Å². The lowest BCUT2D eigenvalue weighted by atomic mass is 10.2. The molecule has 0 saturated heterocycles. The summed E-state index contributed by atoms with van der Waals surface area (Å²) in [6, 6.07) is 12.1. The summed E-state index contributed by atoms with van der Waals surface area (Å²) in [6.45, 7) is 5.44. The van der Waals surface area contributed by atoms with Gasteiger partial charge < -0.3 is 19.5 Å². The number of rotatable bonds is 8. The molecule has 0 radical (unpaired) electrons. The first-order valence-corrected chi connectivity index (χ1v) is 8.89. The van der Waals surface area contributed by atoms with Crippen molar-refractivity contribution in [2.24, 2.45) is 0 Å². The molecule has 1 amide bonds. The van der Waals surface area contributed by atoms with Crippen LogP contribution in [0.1, 0.15) is 19.4 Å². The Morgan fingerprint density at radius 2 is 1.70 bits per heavy atom. The second-order valence-electron chi connectivity index (χ2n) is 5.73. The molecule has 0 bridgehead atoms. The predicted octanol–water partition coefficient (Wildman–Crippen LogP) is 4.00.